The monoisotopic (exact) mass is 221 g/mol. The second kappa shape index (κ2) is 4.38. The molecule has 86 valence electrons. The lowest BCUT2D eigenvalue weighted by Gasteiger charge is -2.33. The standard InChI is InChI=1S/C11H15N3O2/c1-9-3-2-4-10(12-9)13-5-7-14(8-6-13)11(15)16/h2-4H,5-8H2,1H3,(H,15,16). The Bertz CT molecular complexity index is 387. The number of pyridine rings is 1. The molecule has 0 aromatic carbocycles. The average molecular weight is 221 g/mol. The van der Waals surface area contributed by atoms with Crippen molar-refractivity contribution in [2.45, 2.75) is 6.92 Å². The molecule has 1 aromatic rings. The topological polar surface area (TPSA) is 56.7 Å². The predicted octanol–water partition coefficient (Wildman–Crippen LogP) is 1.19. The largest absolute Gasteiger partial charge is 0.465 e. The molecule has 1 N–H and O–H groups in total. The maximum Gasteiger partial charge on any atom is 0.407 e. The van der Waals surface area contributed by atoms with Gasteiger partial charge in [-0.3, -0.25) is 0 Å². The van der Waals surface area contributed by atoms with E-state index in [9.17, 15) is 4.79 Å². The molecule has 1 aliphatic rings. The van der Waals surface area contributed by atoms with Crippen LogP contribution in [0.1, 0.15) is 5.69 Å². The number of amides is 1. The number of hydrogen-bond donors (Lipinski definition) is 1. The van der Waals surface area contributed by atoms with E-state index in [0.717, 1.165) is 11.5 Å². The van der Waals surface area contributed by atoms with Crippen molar-refractivity contribution in [1.82, 2.24) is 9.88 Å². The van der Waals surface area contributed by atoms with Crippen molar-refractivity contribution in [2.24, 2.45) is 0 Å². The summed E-state index contributed by atoms with van der Waals surface area (Å²) in [5.41, 5.74) is 0.984. The summed E-state index contributed by atoms with van der Waals surface area (Å²) in [6.45, 7) is 4.47. The van der Waals surface area contributed by atoms with Gasteiger partial charge in [-0.05, 0) is 19.1 Å². The van der Waals surface area contributed by atoms with E-state index in [1.165, 1.54) is 4.90 Å². The number of hydrogen-bond acceptors (Lipinski definition) is 3. The molecule has 2 heterocycles. The van der Waals surface area contributed by atoms with Crippen LogP contribution in [0.25, 0.3) is 0 Å². The molecule has 0 unspecified atom stereocenters. The number of piperazine rings is 1. The summed E-state index contributed by atoms with van der Waals surface area (Å²) in [6.07, 6.45) is -0.836. The lowest BCUT2D eigenvalue weighted by atomic mass is 10.3. The van der Waals surface area contributed by atoms with Crippen LogP contribution < -0.4 is 4.90 Å². The van der Waals surface area contributed by atoms with Crippen LogP contribution in [0.5, 0.6) is 0 Å². The van der Waals surface area contributed by atoms with Crippen LogP contribution in [0.4, 0.5) is 10.6 Å². The van der Waals surface area contributed by atoms with Crippen LogP contribution in [-0.2, 0) is 0 Å². The fourth-order valence-electron chi connectivity index (χ4n) is 1.83. The van der Waals surface area contributed by atoms with Crippen LogP contribution in [-0.4, -0.2) is 47.3 Å². The SMILES string of the molecule is Cc1cccc(N2CCN(C(=O)O)CC2)n1. The van der Waals surface area contributed by atoms with Crippen LogP contribution in [0.3, 0.4) is 0 Å². The van der Waals surface area contributed by atoms with Crippen LogP contribution >= 0.6 is 0 Å². The van der Waals surface area contributed by atoms with E-state index in [-0.39, 0.29) is 0 Å². The third kappa shape index (κ3) is 2.24. The van der Waals surface area contributed by atoms with Crippen molar-refractivity contribution in [2.75, 3.05) is 31.1 Å². The molecular formula is C11H15N3O2. The van der Waals surface area contributed by atoms with Gasteiger partial charge in [0.2, 0.25) is 0 Å². The maximum absolute atomic E-state index is 10.7. The van der Waals surface area contributed by atoms with Gasteiger partial charge in [-0.25, -0.2) is 9.78 Å². The molecule has 0 bridgehead atoms. The molecule has 1 fully saturated rings. The van der Waals surface area contributed by atoms with Gasteiger partial charge in [-0.1, -0.05) is 6.07 Å². The molecule has 0 radical (unpaired) electrons. The van der Waals surface area contributed by atoms with Crippen LogP contribution in [0, 0.1) is 6.92 Å². The van der Waals surface area contributed by atoms with Gasteiger partial charge in [-0.2, -0.15) is 0 Å². The number of aromatic nitrogens is 1. The van der Waals surface area contributed by atoms with Gasteiger partial charge in [0.1, 0.15) is 5.82 Å². The highest BCUT2D eigenvalue weighted by atomic mass is 16.4. The summed E-state index contributed by atoms with van der Waals surface area (Å²) in [7, 11) is 0. The summed E-state index contributed by atoms with van der Waals surface area (Å²) in [6, 6.07) is 5.89. The Morgan fingerprint density at radius 1 is 1.31 bits per heavy atom. The molecule has 0 saturated carbocycles. The Morgan fingerprint density at radius 2 is 2.00 bits per heavy atom. The number of rotatable bonds is 1. The molecule has 1 amide bonds. The molecule has 5 heteroatoms. The van der Waals surface area contributed by atoms with Crippen molar-refractivity contribution >= 4 is 11.9 Å². The minimum atomic E-state index is -0.836. The summed E-state index contributed by atoms with van der Waals surface area (Å²) < 4.78 is 0. The maximum atomic E-state index is 10.7. The molecule has 16 heavy (non-hydrogen) atoms. The van der Waals surface area contributed by atoms with Gasteiger partial charge in [0.25, 0.3) is 0 Å². The first-order valence-electron chi connectivity index (χ1n) is 5.33. The van der Waals surface area contributed by atoms with E-state index in [1.807, 2.05) is 25.1 Å². The molecule has 2 rings (SSSR count). The first-order valence-corrected chi connectivity index (χ1v) is 5.33. The molecular weight excluding hydrogens is 206 g/mol. The van der Waals surface area contributed by atoms with Gasteiger partial charge in [0.15, 0.2) is 0 Å². The van der Waals surface area contributed by atoms with E-state index >= 15 is 0 Å². The van der Waals surface area contributed by atoms with E-state index in [0.29, 0.717) is 26.2 Å². The average Bonchev–Trinajstić information content (AvgIpc) is 2.29. The zero-order valence-corrected chi connectivity index (χ0v) is 9.26. The van der Waals surface area contributed by atoms with Gasteiger partial charge in [-0.15, -0.1) is 0 Å². The van der Waals surface area contributed by atoms with E-state index in [2.05, 4.69) is 9.88 Å². The Morgan fingerprint density at radius 3 is 2.56 bits per heavy atom. The highest BCUT2D eigenvalue weighted by Crippen LogP contribution is 2.13. The zero-order valence-electron chi connectivity index (χ0n) is 9.26. The predicted molar refractivity (Wildman–Crippen MR) is 60.8 cm³/mol. The second-order valence-corrected chi connectivity index (χ2v) is 3.89. The Kier molecular flexibility index (Phi) is 2.94. The summed E-state index contributed by atoms with van der Waals surface area (Å²) >= 11 is 0. The molecule has 1 aliphatic heterocycles. The fourth-order valence-corrected chi connectivity index (χ4v) is 1.83. The van der Waals surface area contributed by atoms with Gasteiger partial charge < -0.3 is 14.9 Å². The number of carbonyl (C=O) groups is 1. The lowest BCUT2D eigenvalue weighted by Crippen LogP contribution is -2.48. The third-order valence-electron chi connectivity index (χ3n) is 2.75. The number of aryl methyl sites for hydroxylation is 1. The first-order chi connectivity index (χ1) is 7.66. The first kappa shape index (κ1) is 10.7. The van der Waals surface area contributed by atoms with Gasteiger partial charge in [0, 0.05) is 31.9 Å². The summed E-state index contributed by atoms with van der Waals surface area (Å²) in [4.78, 5) is 18.7. The molecule has 0 spiro atoms. The quantitative estimate of drug-likeness (QED) is 0.774. The molecule has 0 atom stereocenters. The summed E-state index contributed by atoms with van der Waals surface area (Å²) in [5, 5.41) is 8.83. The minimum Gasteiger partial charge on any atom is -0.465 e. The fraction of sp³-hybridized carbons (Fsp3) is 0.455. The highest BCUT2D eigenvalue weighted by Gasteiger charge is 2.20. The van der Waals surface area contributed by atoms with Crippen molar-refractivity contribution in [1.29, 1.82) is 0 Å². The van der Waals surface area contributed by atoms with Crippen LogP contribution in [0.15, 0.2) is 18.2 Å². The van der Waals surface area contributed by atoms with Crippen molar-refractivity contribution < 1.29 is 9.90 Å². The Balaban J connectivity index is 2.01. The van der Waals surface area contributed by atoms with Crippen molar-refractivity contribution in [3.8, 4) is 0 Å². The number of anilines is 1. The number of carboxylic acid groups (broad SMARTS) is 1. The van der Waals surface area contributed by atoms with Gasteiger partial charge in [0.05, 0.1) is 0 Å². The number of nitrogens with zero attached hydrogens (tertiary/aromatic N) is 3. The zero-order chi connectivity index (χ0) is 11.5. The van der Waals surface area contributed by atoms with Gasteiger partial charge >= 0.3 is 6.09 Å². The molecule has 1 saturated heterocycles. The normalized spacial score (nSPS) is 16.3. The lowest BCUT2D eigenvalue weighted by molar-refractivity contribution is 0.142. The van der Waals surface area contributed by atoms with Crippen molar-refractivity contribution in [3.05, 3.63) is 23.9 Å². The smallest absolute Gasteiger partial charge is 0.407 e. The third-order valence-corrected chi connectivity index (χ3v) is 2.75. The molecule has 1 aromatic heterocycles. The van der Waals surface area contributed by atoms with E-state index in [1.54, 1.807) is 0 Å². The van der Waals surface area contributed by atoms with E-state index < -0.39 is 6.09 Å². The second-order valence-electron chi connectivity index (χ2n) is 3.89. The minimum absolute atomic E-state index is 0.547. The summed E-state index contributed by atoms with van der Waals surface area (Å²) in [5.74, 6) is 0.935. The Hall–Kier alpha value is -1.78. The highest BCUT2D eigenvalue weighted by molar-refractivity contribution is 5.65. The van der Waals surface area contributed by atoms with E-state index in [4.69, 9.17) is 5.11 Å². The molecule has 5 nitrogen and oxygen atoms in total. The Labute approximate surface area is 94.3 Å². The molecule has 0 aliphatic carbocycles. The van der Waals surface area contributed by atoms with Crippen molar-refractivity contribution in [3.63, 3.8) is 0 Å². The van der Waals surface area contributed by atoms with Crippen LogP contribution in [0.2, 0.25) is 0 Å².